The van der Waals surface area contributed by atoms with Gasteiger partial charge in [0.2, 0.25) is 0 Å². The second kappa shape index (κ2) is 9.36. The molecule has 0 atom stereocenters. The predicted molar refractivity (Wildman–Crippen MR) is 89.2 cm³/mol. The van der Waals surface area contributed by atoms with Gasteiger partial charge >= 0.3 is 12.8 Å². The van der Waals surface area contributed by atoms with Crippen LogP contribution < -0.4 is 4.74 Å². The van der Waals surface area contributed by atoms with E-state index in [4.69, 9.17) is 13.8 Å². The number of esters is 1. The van der Waals surface area contributed by atoms with Gasteiger partial charge in [-0.1, -0.05) is 18.2 Å². The summed E-state index contributed by atoms with van der Waals surface area (Å²) in [6.45, 7) is 3.91. The third-order valence-electron chi connectivity index (χ3n) is 2.21. The lowest BCUT2D eigenvalue weighted by Crippen LogP contribution is -2.10. The zero-order valence-electron chi connectivity index (χ0n) is 13.4. The van der Waals surface area contributed by atoms with E-state index in [-0.39, 0.29) is 24.6 Å². The summed E-state index contributed by atoms with van der Waals surface area (Å²) in [6.07, 6.45) is -0.298. The maximum absolute atomic E-state index is 12.5. The zero-order chi connectivity index (χ0) is 16.6. The lowest BCUT2D eigenvalue weighted by Gasteiger charge is -2.21. The summed E-state index contributed by atoms with van der Waals surface area (Å²) in [4.78, 5) is 11.7. The van der Waals surface area contributed by atoms with Gasteiger partial charge in [0.15, 0.2) is 0 Å². The Labute approximate surface area is 136 Å². The molecule has 0 spiro atoms. The molecule has 0 fully saturated rings. The normalized spacial score (nSPS) is 11.9. The Bertz CT molecular complexity index is 490. The first-order chi connectivity index (χ1) is 10.3. The molecule has 0 unspecified atom stereocenters. The third kappa shape index (κ3) is 7.99. The molecule has 5 nitrogen and oxygen atoms in total. The minimum Gasteiger partial charge on any atom is -0.427 e. The molecule has 0 radical (unpaired) electrons. The minimum atomic E-state index is -3.26. The van der Waals surface area contributed by atoms with Gasteiger partial charge in [-0.2, -0.15) is 0 Å². The van der Waals surface area contributed by atoms with E-state index in [1.54, 1.807) is 52.0 Å². The van der Waals surface area contributed by atoms with Crippen molar-refractivity contribution < 1.29 is 23.1 Å². The second-order valence-electron chi connectivity index (χ2n) is 5.13. The number of hydrogen-bond donors (Lipinski definition) is 0. The molecule has 1 rings (SSSR count). The fourth-order valence-corrected chi connectivity index (χ4v) is 5.54. The van der Waals surface area contributed by atoms with Gasteiger partial charge in [0.05, 0.1) is 18.6 Å². The molecule has 0 saturated carbocycles. The summed E-state index contributed by atoms with van der Waals surface area (Å²) in [5.74, 6) is 0.430. The molecule has 1 aromatic rings. The maximum Gasteiger partial charge on any atom is 0.389 e. The fraction of sp³-hybridized carbons (Fsp3) is 0.533. The number of carbonyl (C=O) groups is 1. The molecule has 0 saturated heterocycles. The summed E-state index contributed by atoms with van der Waals surface area (Å²) in [5.41, 5.74) is 0. The summed E-state index contributed by atoms with van der Waals surface area (Å²) in [6, 6.07) is 8.84. The highest BCUT2D eigenvalue weighted by Gasteiger charge is 2.28. The number of hydrogen-bond acceptors (Lipinski definition) is 6. The molecule has 1 aromatic carbocycles. The zero-order valence-corrected chi connectivity index (χ0v) is 15.1. The van der Waals surface area contributed by atoms with Gasteiger partial charge < -0.3 is 4.74 Å². The largest absolute Gasteiger partial charge is 0.427 e. The molecule has 124 valence electrons. The van der Waals surface area contributed by atoms with Crippen LogP contribution in [0.4, 0.5) is 0 Å². The van der Waals surface area contributed by atoms with Crippen LogP contribution in [0, 0.1) is 0 Å². The molecular weight excluding hydrogens is 323 g/mol. The number of rotatable bonds is 9. The van der Waals surface area contributed by atoms with Crippen LogP contribution in [0.15, 0.2) is 30.3 Å². The average Bonchev–Trinajstić information content (AvgIpc) is 2.37. The van der Waals surface area contributed by atoms with E-state index in [9.17, 15) is 9.36 Å². The van der Waals surface area contributed by atoms with Crippen LogP contribution in [0.5, 0.6) is 5.75 Å². The highest BCUT2D eigenvalue weighted by molar-refractivity contribution is 8.55. The molecule has 7 heteroatoms. The van der Waals surface area contributed by atoms with Gasteiger partial charge in [-0.3, -0.25) is 13.8 Å². The monoisotopic (exact) mass is 346 g/mol. The van der Waals surface area contributed by atoms with Crippen molar-refractivity contribution >= 4 is 24.1 Å². The number of ether oxygens (including phenoxy) is 1. The van der Waals surface area contributed by atoms with Gasteiger partial charge in [0.25, 0.3) is 0 Å². The van der Waals surface area contributed by atoms with Crippen molar-refractivity contribution in [2.24, 2.45) is 0 Å². The average molecular weight is 346 g/mol. The summed E-state index contributed by atoms with van der Waals surface area (Å²) >= 11 is 1.03. The second-order valence-corrected chi connectivity index (χ2v) is 9.22. The van der Waals surface area contributed by atoms with E-state index in [1.165, 1.54) is 0 Å². The van der Waals surface area contributed by atoms with Crippen LogP contribution in [-0.2, 0) is 18.4 Å². The summed E-state index contributed by atoms with van der Waals surface area (Å²) < 4.78 is 28.5. The Kier molecular flexibility index (Phi) is 8.18. The van der Waals surface area contributed by atoms with E-state index in [1.807, 2.05) is 6.07 Å². The smallest absolute Gasteiger partial charge is 0.389 e. The maximum atomic E-state index is 12.5. The number of carbonyl (C=O) groups excluding carboxylic acids is 1. The standard InChI is InChI=1S/C15H23O5PS/c1-12(2)19-21(17,20-13(3)4)22-11-10-15(16)18-14-8-6-5-7-9-14/h5-9,12-13H,10-11H2,1-4H3. The fourth-order valence-electron chi connectivity index (χ4n) is 1.51. The molecule has 0 bridgehead atoms. The van der Waals surface area contributed by atoms with Crippen LogP contribution in [0.1, 0.15) is 34.1 Å². The van der Waals surface area contributed by atoms with E-state index < -0.39 is 6.80 Å². The van der Waals surface area contributed by atoms with Gasteiger partial charge in [-0.25, -0.2) is 4.57 Å². The van der Waals surface area contributed by atoms with Crippen molar-refractivity contribution in [1.29, 1.82) is 0 Å². The van der Waals surface area contributed by atoms with Crippen LogP contribution in [-0.4, -0.2) is 23.9 Å². The third-order valence-corrected chi connectivity index (χ3v) is 6.29. The summed E-state index contributed by atoms with van der Waals surface area (Å²) in [7, 11) is 0. The number of benzene rings is 1. The highest BCUT2D eigenvalue weighted by Crippen LogP contribution is 2.62. The van der Waals surface area contributed by atoms with Crippen molar-refractivity contribution in [1.82, 2.24) is 0 Å². The molecule has 0 aliphatic carbocycles. The molecule has 0 amide bonds. The summed E-state index contributed by atoms with van der Waals surface area (Å²) in [5, 5.41) is 0. The highest BCUT2D eigenvalue weighted by atomic mass is 32.7. The van der Waals surface area contributed by atoms with E-state index in [0.717, 1.165) is 11.4 Å². The van der Waals surface area contributed by atoms with Crippen molar-refractivity contribution in [3.63, 3.8) is 0 Å². The quantitative estimate of drug-likeness (QED) is 0.368. The predicted octanol–water partition coefficient (Wildman–Crippen LogP) is 4.67. The van der Waals surface area contributed by atoms with Gasteiger partial charge in [0, 0.05) is 5.75 Å². The lowest BCUT2D eigenvalue weighted by atomic mass is 10.3. The van der Waals surface area contributed by atoms with Crippen molar-refractivity contribution in [2.45, 2.75) is 46.3 Å². The van der Waals surface area contributed by atoms with Gasteiger partial charge in [0.1, 0.15) is 5.75 Å². The molecule has 0 aliphatic heterocycles. The first-order valence-corrected chi connectivity index (χ1v) is 10.3. The Morgan fingerprint density at radius 3 is 2.14 bits per heavy atom. The van der Waals surface area contributed by atoms with E-state index in [2.05, 4.69) is 0 Å². The Morgan fingerprint density at radius 2 is 1.64 bits per heavy atom. The molecule has 22 heavy (non-hydrogen) atoms. The molecule has 0 N–H and O–H groups in total. The lowest BCUT2D eigenvalue weighted by molar-refractivity contribution is -0.133. The van der Waals surface area contributed by atoms with E-state index in [0.29, 0.717) is 11.5 Å². The SMILES string of the molecule is CC(C)OP(=O)(OC(C)C)SCCC(=O)Oc1ccccc1. The van der Waals surface area contributed by atoms with Gasteiger partial charge in [-0.05, 0) is 51.2 Å². The van der Waals surface area contributed by atoms with Crippen LogP contribution in [0.3, 0.4) is 0 Å². The topological polar surface area (TPSA) is 61.8 Å². The van der Waals surface area contributed by atoms with Crippen molar-refractivity contribution in [3.8, 4) is 5.75 Å². The van der Waals surface area contributed by atoms with Crippen LogP contribution >= 0.6 is 18.2 Å². The van der Waals surface area contributed by atoms with Crippen molar-refractivity contribution in [2.75, 3.05) is 5.75 Å². The molecule has 0 heterocycles. The van der Waals surface area contributed by atoms with Crippen LogP contribution in [0.25, 0.3) is 0 Å². The first kappa shape index (κ1) is 19.2. The van der Waals surface area contributed by atoms with Gasteiger partial charge in [-0.15, -0.1) is 0 Å². The molecule has 0 aliphatic rings. The van der Waals surface area contributed by atoms with E-state index >= 15 is 0 Å². The van der Waals surface area contributed by atoms with Crippen LogP contribution in [0.2, 0.25) is 0 Å². The minimum absolute atomic E-state index is 0.131. The number of para-hydroxylation sites is 1. The first-order valence-electron chi connectivity index (χ1n) is 7.18. The Balaban J connectivity index is 2.45. The van der Waals surface area contributed by atoms with Crippen molar-refractivity contribution in [3.05, 3.63) is 30.3 Å². The Morgan fingerprint density at radius 1 is 1.09 bits per heavy atom. The Hall–Kier alpha value is -0.810. The molecule has 0 aromatic heterocycles. The molecular formula is C15H23O5PS.